The Labute approximate surface area is 103 Å². The minimum Gasteiger partial charge on any atom is -0.481 e. The van der Waals surface area contributed by atoms with Gasteiger partial charge >= 0.3 is 0 Å². The van der Waals surface area contributed by atoms with Crippen molar-refractivity contribution in [2.45, 2.75) is 44.2 Å². The molecule has 1 saturated carbocycles. The molecule has 0 aliphatic heterocycles. The number of hydrogen-bond donors (Lipinski definition) is 2. The van der Waals surface area contributed by atoms with Gasteiger partial charge in [-0.15, -0.1) is 0 Å². The van der Waals surface area contributed by atoms with E-state index in [1.54, 1.807) is 13.3 Å². The Balaban J connectivity index is 2.02. The van der Waals surface area contributed by atoms with Crippen molar-refractivity contribution in [3.63, 3.8) is 0 Å². The number of hydrogen-bond acceptors (Lipinski definition) is 4. The van der Waals surface area contributed by atoms with Crippen LogP contribution in [0, 0.1) is 0 Å². The third-order valence-electron chi connectivity index (χ3n) is 3.37. The number of nitrogens with zero attached hydrogens (tertiary/aromatic N) is 1. The molecule has 2 atom stereocenters. The normalized spacial score (nSPS) is 25.1. The first-order valence-corrected chi connectivity index (χ1v) is 6.32. The van der Waals surface area contributed by atoms with Gasteiger partial charge in [-0.1, -0.05) is 19.3 Å². The maximum Gasteiger partial charge on any atom is 0.214 e. The fourth-order valence-electron chi connectivity index (χ4n) is 2.34. The van der Waals surface area contributed by atoms with Gasteiger partial charge in [0.25, 0.3) is 0 Å². The highest BCUT2D eigenvalue weighted by Crippen LogP contribution is 2.21. The summed E-state index contributed by atoms with van der Waals surface area (Å²) in [4.78, 5) is 4.10. The van der Waals surface area contributed by atoms with E-state index >= 15 is 0 Å². The molecule has 0 aromatic carbocycles. The Morgan fingerprint density at radius 1 is 1.35 bits per heavy atom. The second-order valence-electron chi connectivity index (χ2n) is 4.64. The predicted octanol–water partition coefficient (Wildman–Crippen LogP) is 2.16. The van der Waals surface area contributed by atoms with Gasteiger partial charge in [-0.25, -0.2) is 4.98 Å². The highest BCUT2D eigenvalue weighted by Gasteiger charge is 2.20. The van der Waals surface area contributed by atoms with Crippen LogP contribution in [0.1, 0.15) is 32.1 Å². The van der Waals surface area contributed by atoms with Gasteiger partial charge in [-0.3, -0.25) is 0 Å². The predicted molar refractivity (Wildman–Crippen MR) is 69.3 cm³/mol. The molecule has 1 heterocycles. The van der Waals surface area contributed by atoms with Gasteiger partial charge in [0.2, 0.25) is 5.88 Å². The number of anilines is 1. The summed E-state index contributed by atoms with van der Waals surface area (Å²) in [7, 11) is 1.63. The summed E-state index contributed by atoms with van der Waals surface area (Å²) in [6, 6.07) is 4.49. The van der Waals surface area contributed by atoms with Gasteiger partial charge in [0.1, 0.15) is 0 Å². The number of methoxy groups -OCH3 is 1. The minimum atomic E-state index is 0.247. The molecule has 0 radical (unpaired) electrons. The largest absolute Gasteiger partial charge is 0.481 e. The van der Waals surface area contributed by atoms with Crippen molar-refractivity contribution < 1.29 is 4.74 Å². The SMILES string of the molecule is COc1cc(NC2CCCCCC2N)ccn1. The van der Waals surface area contributed by atoms with E-state index in [1.807, 2.05) is 12.1 Å². The molecule has 2 unspecified atom stereocenters. The van der Waals surface area contributed by atoms with Crippen molar-refractivity contribution in [2.75, 3.05) is 12.4 Å². The van der Waals surface area contributed by atoms with Crippen LogP contribution in [0.4, 0.5) is 5.69 Å². The summed E-state index contributed by atoms with van der Waals surface area (Å²) in [5.74, 6) is 0.636. The van der Waals surface area contributed by atoms with Crippen LogP contribution in [-0.2, 0) is 0 Å². The summed E-state index contributed by atoms with van der Waals surface area (Å²) >= 11 is 0. The smallest absolute Gasteiger partial charge is 0.214 e. The van der Waals surface area contributed by atoms with Gasteiger partial charge in [0, 0.05) is 30.0 Å². The lowest BCUT2D eigenvalue weighted by Crippen LogP contribution is -2.39. The van der Waals surface area contributed by atoms with Crippen LogP contribution >= 0.6 is 0 Å². The third kappa shape index (κ3) is 3.33. The summed E-state index contributed by atoms with van der Waals surface area (Å²) in [5, 5.41) is 3.50. The molecule has 4 nitrogen and oxygen atoms in total. The standard InChI is InChI=1S/C13H21N3O/c1-17-13-9-10(7-8-15-13)16-12-6-4-2-3-5-11(12)14/h7-9,11-12H,2-6,14H2,1H3,(H,15,16). The van der Waals surface area contributed by atoms with Gasteiger partial charge < -0.3 is 15.8 Å². The molecule has 2 rings (SSSR count). The average Bonchev–Trinajstić information content (AvgIpc) is 2.55. The molecule has 17 heavy (non-hydrogen) atoms. The van der Waals surface area contributed by atoms with Crippen molar-refractivity contribution in [3.05, 3.63) is 18.3 Å². The first-order chi connectivity index (χ1) is 8.29. The number of ether oxygens (including phenoxy) is 1. The Hall–Kier alpha value is -1.29. The van der Waals surface area contributed by atoms with Crippen LogP contribution in [0.3, 0.4) is 0 Å². The van der Waals surface area contributed by atoms with Crippen molar-refractivity contribution in [1.82, 2.24) is 4.98 Å². The van der Waals surface area contributed by atoms with Gasteiger partial charge in [-0.2, -0.15) is 0 Å². The van der Waals surface area contributed by atoms with Crippen molar-refractivity contribution in [3.8, 4) is 5.88 Å². The maximum absolute atomic E-state index is 6.19. The van der Waals surface area contributed by atoms with Crippen LogP contribution in [-0.4, -0.2) is 24.2 Å². The van der Waals surface area contributed by atoms with E-state index in [0.29, 0.717) is 11.9 Å². The minimum absolute atomic E-state index is 0.247. The summed E-state index contributed by atoms with van der Waals surface area (Å²) in [6.45, 7) is 0. The third-order valence-corrected chi connectivity index (χ3v) is 3.37. The zero-order valence-corrected chi connectivity index (χ0v) is 10.4. The van der Waals surface area contributed by atoms with Crippen LogP contribution in [0.5, 0.6) is 5.88 Å². The second kappa shape index (κ2) is 5.87. The lowest BCUT2D eigenvalue weighted by molar-refractivity contribution is 0.398. The molecule has 1 fully saturated rings. The number of pyridine rings is 1. The summed E-state index contributed by atoms with van der Waals surface area (Å²) in [6.07, 6.45) is 7.81. The molecule has 0 saturated heterocycles. The topological polar surface area (TPSA) is 60.2 Å². The first-order valence-electron chi connectivity index (χ1n) is 6.32. The van der Waals surface area contributed by atoms with Crippen LogP contribution in [0.2, 0.25) is 0 Å². The quantitative estimate of drug-likeness (QED) is 0.788. The lowest BCUT2D eigenvalue weighted by atomic mass is 10.0. The Morgan fingerprint density at radius 2 is 2.18 bits per heavy atom. The number of nitrogens with one attached hydrogen (secondary N) is 1. The van der Waals surface area contributed by atoms with E-state index in [2.05, 4.69) is 10.3 Å². The fourth-order valence-corrected chi connectivity index (χ4v) is 2.34. The molecule has 1 aromatic heterocycles. The van der Waals surface area contributed by atoms with Crippen LogP contribution in [0.25, 0.3) is 0 Å². The summed E-state index contributed by atoms with van der Waals surface area (Å²) < 4.78 is 5.11. The monoisotopic (exact) mass is 235 g/mol. The van der Waals surface area contributed by atoms with Gasteiger partial charge in [0.05, 0.1) is 7.11 Å². The van der Waals surface area contributed by atoms with Gasteiger partial charge in [-0.05, 0) is 18.9 Å². The number of nitrogens with two attached hydrogens (primary N) is 1. The van der Waals surface area contributed by atoms with Crippen molar-refractivity contribution in [2.24, 2.45) is 5.73 Å². The maximum atomic E-state index is 6.19. The molecule has 0 amide bonds. The number of aromatic nitrogens is 1. The van der Waals surface area contributed by atoms with Crippen molar-refractivity contribution >= 4 is 5.69 Å². The Kier molecular flexibility index (Phi) is 4.20. The van der Waals surface area contributed by atoms with Gasteiger partial charge in [0.15, 0.2) is 0 Å². The number of rotatable bonds is 3. The van der Waals surface area contributed by atoms with E-state index in [9.17, 15) is 0 Å². The molecule has 4 heteroatoms. The molecule has 1 aliphatic rings. The first kappa shape index (κ1) is 12.2. The van der Waals surface area contributed by atoms with Crippen LogP contribution < -0.4 is 15.8 Å². The zero-order valence-electron chi connectivity index (χ0n) is 10.4. The highest BCUT2D eigenvalue weighted by molar-refractivity contribution is 5.46. The van der Waals surface area contributed by atoms with Crippen LogP contribution in [0.15, 0.2) is 18.3 Å². The second-order valence-corrected chi connectivity index (χ2v) is 4.64. The van der Waals surface area contributed by atoms with Crippen molar-refractivity contribution in [1.29, 1.82) is 0 Å². The highest BCUT2D eigenvalue weighted by atomic mass is 16.5. The summed E-state index contributed by atoms with van der Waals surface area (Å²) in [5.41, 5.74) is 7.23. The molecule has 94 valence electrons. The van der Waals surface area contributed by atoms with E-state index < -0.39 is 0 Å². The fraction of sp³-hybridized carbons (Fsp3) is 0.615. The molecule has 0 spiro atoms. The molecule has 3 N–H and O–H groups in total. The Bertz CT molecular complexity index is 356. The molecular weight excluding hydrogens is 214 g/mol. The average molecular weight is 235 g/mol. The van der Waals surface area contributed by atoms with E-state index in [-0.39, 0.29) is 6.04 Å². The van der Waals surface area contributed by atoms with E-state index in [4.69, 9.17) is 10.5 Å². The molecule has 1 aromatic rings. The van der Waals surface area contributed by atoms with E-state index in [1.165, 1.54) is 19.3 Å². The molecular formula is C13H21N3O. The molecule has 0 bridgehead atoms. The Morgan fingerprint density at radius 3 is 3.00 bits per heavy atom. The van der Waals surface area contributed by atoms with E-state index in [0.717, 1.165) is 18.5 Å². The lowest BCUT2D eigenvalue weighted by Gasteiger charge is -2.23. The zero-order chi connectivity index (χ0) is 12.1. The molecule has 1 aliphatic carbocycles.